The molecule has 7 nitrogen and oxygen atoms in total. The Hall–Kier alpha value is -1.63. The van der Waals surface area contributed by atoms with Crippen LogP contribution in [-0.2, 0) is 19.1 Å². The van der Waals surface area contributed by atoms with Gasteiger partial charge in [-0.3, -0.25) is 9.59 Å². The molecule has 1 amide bonds. The molecule has 96 valence electrons. The molecule has 1 rings (SSSR count). The molecule has 1 unspecified atom stereocenters. The van der Waals surface area contributed by atoms with E-state index in [2.05, 4.69) is 4.74 Å². The molecule has 0 aromatic carbocycles. The molecule has 1 aliphatic heterocycles. The number of nitrogens with zero attached hydrogens (tertiary/aromatic N) is 1. The quantitative estimate of drug-likeness (QED) is 0.597. The van der Waals surface area contributed by atoms with Crippen molar-refractivity contribution in [2.75, 3.05) is 13.7 Å². The van der Waals surface area contributed by atoms with Crippen molar-refractivity contribution in [3.05, 3.63) is 0 Å². The summed E-state index contributed by atoms with van der Waals surface area (Å²) in [4.78, 5) is 34.7. The molecule has 1 aliphatic rings. The standard InChI is InChI=1S/C10H16N2O5/c1-17-9(14)3-2-7(10(15)16)12-5-6(11)4-8(12)13/h6-7H,2-5,11H2,1H3,(H,15,16)/t6?,7-/m0/s1. The van der Waals surface area contributed by atoms with Crippen LogP contribution >= 0.6 is 0 Å². The molecule has 0 radical (unpaired) electrons. The zero-order valence-corrected chi connectivity index (χ0v) is 9.59. The van der Waals surface area contributed by atoms with E-state index in [1.54, 1.807) is 0 Å². The van der Waals surface area contributed by atoms with Gasteiger partial charge in [-0.25, -0.2) is 4.79 Å². The number of carboxylic acids is 1. The third-order valence-corrected chi connectivity index (χ3v) is 2.70. The van der Waals surface area contributed by atoms with Crippen LogP contribution in [0.3, 0.4) is 0 Å². The van der Waals surface area contributed by atoms with E-state index in [0.29, 0.717) is 0 Å². The van der Waals surface area contributed by atoms with Crippen LogP contribution < -0.4 is 5.73 Å². The predicted molar refractivity (Wildman–Crippen MR) is 57.0 cm³/mol. The van der Waals surface area contributed by atoms with Crippen molar-refractivity contribution < 1.29 is 24.2 Å². The molecule has 0 saturated carbocycles. The number of likely N-dealkylation sites (tertiary alicyclic amines) is 1. The first-order valence-corrected chi connectivity index (χ1v) is 5.30. The molecule has 0 aromatic rings. The fourth-order valence-corrected chi connectivity index (χ4v) is 1.83. The summed E-state index contributed by atoms with van der Waals surface area (Å²) in [5, 5.41) is 9.04. The lowest BCUT2D eigenvalue weighted by atomic mass is 10.1. The van der Waals surface area contributed by atoms with E-state index in [1.807, 2.05) is 0 Å². The largest absolute Gasteiger partial charge is 0.480 e. The van der Waals surface area contributed by atoms with Crippen LogP contribution in [0.2, 0.25) is 0 Å². The zero-order valence-electron chi connectivity index (χ0n) is 9.59. The Bertz CT molecular complexity index is 331. The van der Waals surface area contributed by atoms with Gasteiger partial charge in [0.25, 0.3) is 0 Å². The lowest BCUT2D eigenvalue weighted by Gasteiger charge is -2.23. The van der Waals surface area contributed by atoms with Gasteiger partial charge in [0.15, 0.2) is 0 Å². The fourth-order valence-electron chi connectivity index (χ4n) is 1.83. The maximum absolute atomic E-state index is 11.5. The van der Waals surface area contributed by atoms with Gasteiger partial charge >= 0.3 is 11.9 Å². The number of hydrogen-bond acceptors (Lipinski definition) is 5. The number of hydrogen-bond donors (Lipinski definition) is 2. The van der Waals surface area contributed by atoms with E-state index in [1.165, 1.54) is 12.0 Å². The number of aliphatic carboxylic acids is 1. The first-order chi connectivity index (χ1) is 7.95. The summed E-state index contributed by atoms with van der Waals surface area (Å²) in [5.41, 5.74) is 5.59. The number of carbonyl (C=O) groups is 3. The highest BCUT2D eigenvalue weighted by atomic mass is 16.5. The monoisotopic (exact) mass is 244 g/mol. The first kappa shape index (κ1) is 13.4. The van der Waals surface area contributed by atoms with Gasteiger partial charge in [-0.1, -0.05) is 0 Å². The van der Waals surface area contributed by atoms with E-state index in [-0.39, 0.29) is 37.8 Å². The Kier molecular flexibility index (Phi) is 4.45. The number of carboxylic acid groups (broad SMARTS) is 1. The van der Waals surface area contributed by atoms with E-state index in [0.717, 1.165) is 0 Å². The number of amides is 1. The number of nitrogens with two attached hydrogens (primary N) is 1. The second kappa shape index (κ2) is 5.62. The van der Waals surface area contributed by atoms with E-state index < -0.39 is 18.0 Å². The van der Waals surface area contributed by atoms with Crippen LogP contribution in [0.4, 0.5) is 0 Å². The summed E-state index contributed by atoms with van der Waals surface area (Å²) in [6, 6.07) is -1.34. The molecular formula is C10H16N2O5. The van der Waals surface area contributed by atoms with E-state index >= 15 is 0 Å². The summed E-state index contributed by atoms with van der Waals surface area (Å²) in [7, 11) is 1.23. The average molecular weight is 244 g/mol. The van der Waals surface area contributed by atoms with Gasteiger partial charge in [-0.05, 0) is 6.42 Å². The summed E-state index contributed by atoms with van der Waals surface area (Å²) < 4.78 is 4.43. The minimum atomic E-state index is -1.13. The minimum Gasteiger partial charge on any atom is -0.480 e. The molecule has 0 aliphatic carbocycles. The van der Waals surface area contributed by atoms with Gasteiger partial charge in [0.2, 0.25) is 5.91 Å². The van der Waals surface area contributed by atoms with Crippen LogP contribution in [0.15, 0.2) is 0 Å². The Balaban J connectivity index is 2.63. The summed E-state index contributed by atoms with van der Waals surface area (Å²) >= 11 is 0. The molecule has 0 aromatic heterocycles. The van der Waals surface area contributed by atoms with Crippen molar-refractivity contribution in [3.8, 4) is 0 Å². The van der Waals surface area contributed by atoms with Crippen LogP contribution in [0.1, 0.15) is 19.3 Å². The molecule has 0 bridgehead atoms. The fraction of sp³-hybridized carbons (Fsp3) is 0.700. The van der Waals surface area contributed by atoms with Gasteiger partial charge in [0, 0.05) is 25.4 Å². The van der Waals surface area contributed by atoms with E-state index in [4.69, 9.17) is 10.8 Å². The highest BCUT2D eigenvalue weighted by Crippen LogP contribution is 2.17. The Labute approximate surface area is 98.5 Å². The van der Waals surface area contributed by atoms with Gasteiger partial charge in [0.1, 0.15) is 6.04 Å². The second-order valence-electron chi connectivity index (χ2n) is 3.98. The van der Waals surface area contributed by atoms with Crippen molar-refractivity contribution >= 4 is 17.8 Å². The van der Waals surface area contributed by atoms with Crippen molar-refractivity contribution in [1.29, 1.82) is 0 Å². The van der Waals surface area contributed by atoms with Crippen LogP contribution in [0.25, 0.3) is 0 Å². The molecule has 2 atom stereocenters. The van der Waals surface area contributed by atoms with Crippen molar-refractivity contribution in [3.63, 3.8) is 0 Å². The predicted octanol–water partition coefficient (Wildman–Crippen LogP) is -1.05. The summed E-state index contributed by atoms with van der Waals surface area (Å²) in [5.74, 6) is -1.90. The third kappa shape index (κ3) is 3.42. The number of esters is 1. The Morgan fingerprint density at radius 3 is 2.71 bits per heavy atom. The molecular weight excluding hydrogens is 228 g/mol. The van der Waals surface area contributed by atoms with E-state index in [9.17, 15) is 14.4 Å². The zero-order chi connectivity index (χ0) is 13.0. The van der Waals surface area contributed by atoms with Gasteiger partial charge in [-0.2, -0.15) is 0 Å². The molecule has 0 spiro atoms. The van der Waals surface area contributed by atoms with Crippen LogP contribution in [0, 0.1) is 0 Å². The topological polar surface area (TPSA) is 110 Å². The maximum Gasteiger partial charge on any atom is 0.326 e. The normalized spacial score (nSPS) is 21.4. The molecule has 3 N–H and O–H groups in total. The van der Waals surface area contributed by atoms with Crippen LogP contribution in [-0.4, -0.2) is 53.6 Å². The number of rotatable bonds is 5. The summed E-state index contributed by atoms with van der Waals surface area (Å²) in [6.45, 7) is 0.219. The average Bonchev–Trinajstić information content (AvgIpc) is 2.57. The van der Waals surface area contributed by atoms with Crippen molar-refractivity contribution in [2.24, 2.45) is 5.73 Å². The smallest absolute Gasteiger partial charge is 0.326 e. The van der Waals surface area contributed by atoms with Gasteiger partial charge in [-0.15, -0.1) is 0 Å². The number of methoxy groups -OCH3 is 1. The molecule has 1 saturated heterocycles. The SMILES string of the molecule is COC(=O)CC[C@@H](C(=O)O)N1CC(N)CC1=O. The molecule has 1 fully saturated rings. The number of carbonyl (C=O) groups excluding carboxylic acids is 2. The Morgan fingerprint density at radius 1 is 1.65 bits per heavy atom. The highest BCUT2D eigenvalue weighted by molar-refractivity contribution is 5.86. The molecule has 1 heterocycles. The second-order valence-corrected chi connectivity index (χ2v) is 3.98. The van der Waals surface area contributed by atoms with Crippen molar-refractivity contribution in [1.82, 2.24) is 4.90 Å². The highest BCUT2D eigenvalue weighted by Gasteiger charge is 2.36. The first-order valence-electron chi connectivity index (χ1n) is 5.30. The Morgan fingerprint density at radius 2 is 2.29 bits per heavy atom. The summed E-state index contributed by atoms with van der Waals surface area (Å²) in [6.07, 6.45) is 0.162. The van der Waals surface area contributed by atoms with Crippen LogP contribution in [0.5, 0.6) is 0 Å². The third-order valence-electron chi connectivity index (χ3n) is 2.70. The lowest BCUT2D eigenvalue weighted by Crippen LogP contribution is -2.43. The molecule has 7 heteroatoms. The maximum atomic E-state index is 11.5. The lowest BCUT2D eigenvalue weighted by molar-refractivity contribution is -0.149. The van der Waals surface area contributed by atoms with Gasteiger partial charge < -0.3 is 20.5 Å². The minimum absolute atomic E-state index is 0.0352. The molecule has 17 heavy (non-hydrogen) atoms. The number of ether oxygens (including phenoxy) is 1. The van der Waals surface area contributed by atoms with Gasteiger partial charge in [0.05, 0.1) is 7.11 Å². The van der Waals surface area contributed by atoms with Crippen molar-refractivity contribution in [2.45, 2.75) is 31.3 Å².